The van der Waals surface area contributed by atoms with E-state index in [4.69, 9.17) is 16.3 Å². The first-order valence-electron chi connectivity index (χ1n) is 35.4. The molecule has 4 heterocycles. The zero-order chi connectivity index (χ0) is 75.6. The van der Waals surface area contributed by atoms with Gasteiger partial charge in [-0.15, -0.1) is 23.1 Å². The number of aliphatic hydroxyl groups is 1. The van der Waals surface area contributed by atoms with Crippen molar-refractivity contribution in [3.63, 3.8) is 0 Å². The topological polar surface area (TPSA) is 260 Å². The van der Waals surface area contributed by atoms with Crippen molar-refractivity contribution in [3.8, 4) is 10.4 Å². The summed E-state index contributed by atoms with van der Waals surface area (Å²) in [5, 5.41) is 20.4. The Balaban J connectivity index is 0.717. The number of piperazine rings is 1. The largest absolute Gasteiger partial charge is 0.501 e. The van der Waals surface area contributed by atoms with Gasteiger partial charge in [-0.2, -0.15) is 13.2 Å². The molecule has 29 heteroatoms. The highest BCUT2D eigenvalue weighted by Gasteiger charge is 2.49. The number of allylic oxidation sites excluding steroid dienone is 1. The predicted molar refractivity (Wildman–Crippen MR) is 404 cm³/mol. The highest BCUT2D eigenvalue weighted by Crippen LogP contribution is 2.45. The lowest BCUT2D eigenvalue weighted by molar-refractivity contribution is -0.144. The Morgan fingerprint density at radius 2 is 1.52 bits per heavy atom. The summed E-state index contributed by atoms with van der Waals surface area (Å²) in [5.74, 6) is -2.17. The Morgan fingerprint density at radius 3 is 2.17 bits per heavy atom. The minimum Gasteiger partial charge on any atom is -0.391 e. The van der Waals surface area contributed by atoms with Crippen LogP contribution < -0.4 is 25.6 Å². The first-order valence-corrected chi connectivity index (χ1v) is 40.6. The molecule has 1 aliphatic carbocycles. The van der Waals surface area contributed by atoms with Gasteiger partial charge in [0.15, 0.2) is 0 Å². The Morgan fingerprint density at radius 1 is 0.848 bits per heavy atom. The molecule has 5 amide bonds. The summed E-state index contributed by atoms with van der Waals surface area (Å²) in [7, 11) is -9.27. The van der Waals surface area contributed by atoms with Crippen molar-refractivity contribution in [1.82, 2.24) is 39.9 Å². The number of halogens is 4. The van der Waals surface area contributed by atoms with E-state index in [1.165, 1.54) is 39.9 Å². The number of morpholine rings is 1. The van der Waals surface area contributed by atoms with Gasteiger partial charge < -0.3 is 40.5 Å². The number of amides is 5. The fourth-order valence-corrected chi connectivity index (χ4v) is 18.0. The molecule has 10 rings (SSSR count). The van der Waals surface area contributed by atoms with Crippen LogP contribution in [-0.4, -0.2) is 197 Å². The smallest absolute Gasteiger partial charge is 0.391 e. The second-order valence-corrected chi connectivity index (χ2v) is 35.1. The summed E-state index contributed by atoms with van der Waals surface area (Å²) in [5.41, 5.74) is 1.54. The Labute approximate surface area is 627 Å². The molecule has 0 saturated carbocycles. The van der Waals surface area contributed by atoms with Crippen LogP contribution in [0.2, 0.25) is 5.02 Å². The number of hydrogen-bond donors (Lipinski definition) is 5. The molecule has 3 fully saturated rings. The van der Waals surface area contributed by atoms with Crippen molar-refractivity contribution < 1.29 is 63.8 Å². The molecule has 105 heavy (non-hydrogen) atoms. The number of nitrogens with one attached hydrogen (secondary N) is 4. The standard InChI is InChI=1S/C76H94ClF3N10O11S4/c1-50(52-16-18-54(19-17-52)69-51(2)81-49-103-69)82-72(95)65-42-60(91)46-90(65)73(96)70(74(3,4)5)84-67(92)14-11-15-68(93)86(7)48-75(6)32-30-63(53-20-24-57(77)25-21-53)56(44-75)45-88-34-36-89(37-35-88)59-26-22-55(23-27-59)71(94)85-105(99,100)62-28-29-64(66(43-62)104(97,98)76(78,79)80)83-58(31-33-87-38-40-101-41-39-87)47-102-61-12-9-8-10-13-61/h8-10,12-13,16-29,43,49-50,58,60,65,70,83,91H,11,14-15,30-42,44-48H2,1-7H3,(H,82,95)(H,84,92)(H,85,94)/t50-,58+,60+,65-,70+,75?/m0/s1. The van der Waals surface area contributed by atoms with Crippen LogP contribution in [0.15, 0.2) is 147 Å². The third-order valence-electron chi connectivity index (χ3n) is 20.0. The summed E-state index contributed by atoms with van der Waals surface area (Å²) in [6.45, 7) is 17.9. The molecule has 3 saturated heterocycles. The average molecular weight is 1540 g/mol. The summed E-state index contributed by atoms with van der Waals surface area (Å²) in [6, 6.07) is 30.6. The summed E-state index contributed by atoms with van der Waals surface area (Å²) in [4.78, 5) is 83.5. The fraction of sp³-hybridized carbons (Fsp3) is 0.474. The molecular weight excluding hydrogens is 1450 g/mol. The van der Waals surface area contributed by atoms with Crippen LogP contribution in [0.1, 0.15) is 119 Å². The highest BCUT2D eigenvalue weighted by atomic mass is 35.5. The monoisotopic (exact) mass is 1540 g/mol. The SMILES string of the molecule is Cc1ncsc1-c1ccc([C@H](C)NC(=O)[C@@H]2C[C@@H](O)CN2C(=O)[C@@H](NC(=O)CCCC(=O)N(C)CC2(C)CCC(c3ccc(Cl)cc3)=C(CN3CCN(c4ccc(C(=O)NS(=O)(=O)c5ccc(N[C@H](CCN6CCOCC6)CSc6ccccc6)c(S(=O)(=O)C(F)(F)F)c5)cc4)CC3)C2)C(C)(C)C)cc1. The number of β-amino-alcohol motifs (C(OH)–C–C–N with tert-alkyl or cyclic N) is 1. The molecule has 5 aromatic carbocycles. The number of sulfone groups is 1. The van der Waals surface area contributed by atoms with Crippen molar-refractivity contribution in [2.75, 3.05) is 102 Å². The lowest BCUT2D eigenvalue weighted by Gasteiger charge is -2.42. The number of likely N-dealkylation sites (tertiary alicyclic amines) is 1. The molecule has 6 aromatic rings. The first-order chi connectivity index (χ1) is 49.7. The van der Waals surface area contributed by atoms with Crippen molar-refractivity contribution in [1.29, 1.82) is 0 Å². The molecule has 0 spiro atoms. The maximum Gasteiger partial charge on any atom is 0.501 e. The molecule has 5 N–H and O–H groups in total. The number of thiazole rings is 1. The molecule has 1 unspecified atom stereocenters. The van der Waals surface area contributed by atoms with Crippen LogP contribution in [-0.2, 0) is 43.8 Å². The van der Waals surface area contributed by atoms with Crippen LogP contribution in [0.4, 0.5) is 24.5 Å². The number of aryl methyl sites for hydroxylation is 1. The van der Waals surface area contributed by atoms with Crippen LogP contribution in [0.5, 0.6) is 0 Å². The van der Waals surface area contributed by atoms with E-state index in [0.29, 0.717) is 102 Å². The number of thioether (sulfide) groups is 1. The van der Waals surface area contributed by atoms with Gasteiger partial charge in [0.2, 0.25) is 23.6 Å². The van der Waals surface area contributed by atoms with E-state index >= 15 is 0 Å². The van der Waals surface area contributed by atoms with Crippen molar-refractivity contribution in [2.24, 2.45) is 10.8 Å². The van der Waals surface area contributed by atoms with E-state index in [1.807, 2.05) is 118 Å². The van der Waals surface area contributed by atoms with Gasteiger partial charge in [-0.1, -0.05) is 99.5 Å². The molecule has 1 aromatic heterocycles. The van der Waals surface area contributed by atoms with E-state index in [-0.39, 0.29) is 49.1 Å². The van der Waals surface area contributed by atoms with Gasteiger partial charge >= 0.3 is 5.51 Å². The summed E-state index contributed by atoms with van der Waals surface area (Å²) in [6.07, 6.45) is 2.07. The number of ether oxygens (including phenoxy) is 1. The van der Waals surface area contributed by atoms with Crippen LogP contribution in [0.3, 0.4) is 0 Å². The number of alkyl halides is 3. The van der Waals surface area contributed by atoms with Gasteiger partial charge in [0, 0.05) is 125 Å². The molecule has 0 bridgehead atoms. The minimum atomic E-state index is -6.12. The maximum absolute atomic E-state index is 14.4. The van der Waals surface area contributed by atoms with Gasteiger partial charge in [-0.3, -0.25) is 33.8 Å². The highest BCUT2D eigenvalue weighted by molar-refractivity contribution is 7.99. The zero-order valence-electron chi connectivity index (χ0n) is 60.2. The second-order valence-electron chi connectivity index (χ2n) is 29.1. The number of hydrogen-bond acceptors (Lipinski definition) is 18. The van der Waals surface area contributed by atoms with Crippen molar-refractivity contribution in [2.45, 2.75) is 143 Å². The Hall–Kier alpha value is -7.41. The number of aliphatic hydroxyl groups excluding tert-OH is 1. The first kappa shape index (κ1) is 80.1. The van der Waals surface area contributed by atoms with Gasteiger partial charge in [0.05, 0.1) is 52.0 Å². The second kappa shape index (κ2) is 34.7. The van der Waals surface area contributed by atoms with Gasteiger partial charge in [0.1, 0.15) is 17.0 Å². The van der Waals surface area contributed by atoms with E-state index in [1.54, 1.807) is 40.9 Å². The predicted octanol–water partition coefficient (Wildman–Crippen LogP) is 11.2. The fourth-order valence-electron chi connectivity index (χ4n) is 14.0. The molecule has 4 aliphatic rings. The average Bonchev–Trinajstić information content (AvgIpc) is 1.61. The number of benzene rings is 5. The third-order valence-corrected chi connectivity index (χ3v) is 25.2. The molecule has 3 aliphatic heterocycles. The van der Waals surface area contributed by atoms with Crippen LogP contribution >= 0.6 is 34.7 Å². The van der Waals surface area contributed by atoms with Crippen molar-refractivity contribution in [3.05, 3.63) is 160 Å². The lowest BCUT2D eigenvalue weighted by atomic mass is 9.71. The van der Waals surface area contributed by atoms with E-state index in [0.717, 1.165) is 62.8 Å². The molecule has 566 valence electrons. The molecule has 21 nitrogen and oxygen atoms in total. The zero-order valence-corrected chi connectivity index (χ0v) is 64.2. The van der Waals surface area contributed by atoms with Crippen molar-refractivity contribution >= 4 is 101 Å². The van der Waals surface area contributed by atoms with Crippen LogP contribution in [0.25, 0.3) is 16.0 Å². The summed E-state index contributed by atoms with van der Waals surface area (Å²) < 4.78 is 105. The maximum atomic E-state index is 14.4. The quantitative estimate of drug-likeness (QED) is 0.0286. The minimum absolute atomic E-state index is 0.0227. The number of rotatable bonds is 28. The van der Waals surface area contributed by atoms with Crippen LogP contribution in [0, 0.1) is 17.8 Å². The summed E-state index contributed by atoms with van der Waals surface area (Å²) >= 11 is 9.35. The Kier molecular flexibility index (Phi) is 26.4. The van der Waals surface area contributed by atoms with Gasteiger partial charge in [-0.05, 0) is 146 Å². The van der Waals surface area contributed by atoms with Gasteiger partial charge in [-0.25, -0.2) is 26.5 Å². The molecule has 0 radical (unpaired) electrons. The number of anilines is 2. The number of carbonyl (C=O) groups is 5. The molecule has 6 atom stereocenters. The van der Waals surface area contributed by atoms with E-state index in [9.17, 15) is 59.1 Å². The van der Waals surface area contributed by atoms with E-state index in [2.05, 4.69) is 42.6 Å². The number of aromatic nitrogens is 1. The Bertz CT molecular complexity index is 4310. The van der Waals surface area contributed by atoms with E-state index < -0.39 is 100 Å². The molecular formula is C76H94ClF3N10O11S4. The third kappa shape index (κ3) is 20.9. The lowest BCUT2D eigenvalue weighted by Crippen LogP contribution is -2.57. The van der Waals surface area contributed by atoms with Gasteiger partial charge in [0.25, 0.3) is 25.8 Å². The number of carbonyl (C=O) groups excluding carboxylic acids is 5. The number of nitrogens with zero attached hydrogens (tertiary/aromatic N) is 6. The normalized spacial score (nSPS) is 19.5. The number of sulfonamides is 1.